The standard InChI is InChI=1S/C15H23NO/c1-11-6-7-12(2)15(9-11)13(3)16-10-14-5-4-8-17-14/h6-7,9,13-14,16H,4-5,8,10H2,1-3H3. The molecule has 1 N–H and O–H groups in total. The van der Waals surface area contributed by atoms with Crippen LogP contribution in [0.5, 0.6) is 0 Å². The third-order valence-corrected chi connectivity index (χ3v) is 3.58. The van der Waals surface area contributed by atoms with Crippen LogP contribution in [-0.2, 0) is 4.74 Å². The lowest BCUT2D eigenvalue weighted by Gasteiger charge is -2.19. The van der Waals surface area contributed by atoms with E-state index in [0.717, 1.165) is 13.2 Å². The molecule has 1 aliphatic rings. The molecule has 2 nitrogen and oxygen atoms in total. The summed E-state index contributed by atoms with van der Waals surface area (Å²) in [4.78, 5) is 0. The molecule has 1 aliphatic heterocycles. The average Bonchev–Trinajstić information content (AvgIpc) is 2.82. The maximum absolute atomic E-state index is 5.63. The number of ether oxygens (including phenoxy) is 1. The summed E-state index contributed by atoms with van der Waals surface area (Å²) in [6.45, 7) is 8.46. The van der Waals surface area contributed by atoms with E-state index in [9.17, 15) is 0 Å². The lowest BCUT2D eigenvalue weighted by molar-refractivity contribution is 0.108. The fraction of sp³-hybridized carbons (Fsp3) is 0.600. The highest BCUT2D eigenvalue weighted by molar-refractivity contribution is 5.32. The second-order valence-electron chi connectivity index (χ2n) is 5.13. The zero-order valence-corrected chi connectivity index (χ0v) is 11.1. The minimum absolute atomic E-state index is 0.402. The van der Waals surface area contributed by atoms with Gasteiger partial charge < -0.3 is 10.1 Å². The van der Waals surface area contributed by atoms with Gasteiger partial charge in [-0.05, 0) is 44.7 Å². The zero-order chi connectivity index (χ0) is 12.3. The van der Waals surface area contributed by atoms with Crippen molar-refractivity contribution in [1.82, 2.24) is 5.32 Å². The van der Waals surface area contributed by atoms with Gasteiger partial charge in [0.15, 0.2) is 0 Å². The topological polar surface area (TPSA) is 21.3 Å². The van der Waals surface area contributed by atoms with Crippen molar-refractivity contribution in [3.63, 3.8) is 0 Å². The van der Waals surface area contributed by atoms with E-state index in [-0.39, 0.29) is 0 Å². The Hall–Kier alpha value is -0.860. The fourth-order valence-corrected chi connectivity index (χ4v) is 2.45. The molecular weight excluding hydrogens is 210 g/mol. The summed E-state index contributed by atoms with van der Waals surface area (Å²) in [6.07, 6.45) is 2.83. The average molecular weight is 233 g/mol. The Balaban J connectivity index is 1.93. The first kappa shape index (κ1) is 12.6. The monoisotopic (exact) mass is 233 g/mol. The van der Waals surface area contributed by atoms with E-state index in [1.54, 1.807) is 0 Å². The van der Waals surface area contributed by atoms with Gasteiger partial charge >= 0.3 is 0 Å². The number of nitrogens with one attached hydrogen (secondary N) is 1. The second-order valence-corrected chi connectivity index (χ2v) is 5.13. The van der Waals surface area contributed by atoms with E-state index in [0.29, 0.717) is 12.1 Å². The van der Waals surface area contributed by atoms with Crippen molar-refractivity contribution >= 4 is 0 Å². The smallest absolute Gasteiger partial charge is 0.0700 e. The van der Waals surface area contributed by atoms with Gasteiger partial charge in [0, 0.05) is 19.2 Å². The summed E-state index contributed by atoms with van der Waals surface area (Å²) >= 11 is 0. The quantitative estimate of drug-likeness (QED) is 0.862. The van der Waals surface area contributed by atoms with Crippen LogP contribution in [0.2, 0.25) is 0 Å². The van der Waals surface area contributed by atoms with Gasteiger partial charge in [-0.1, -0.05) is 23.8 Å². The molecule has 0 spiro atoms. The molecule has 17 heavy (non-hydrogen) atoms. The fourth-order valence-electron chi connectivity index (χ4n) is 2.45. The Morgan fingerprint density at radius 2 is 2.24 bits per heavy atom. The summed E-state index contributed by atoms with van der Waals surface area (Å²) in [7, 11) is 0. The third kappa shape index (κ3) is 3.30. The molecule has 2 atom stereocenters. The minimum atomic E-state index is 0.402. The SMILES string of the molecule is Cc1ccc(C)c(C(C)NCC2CCCO2)c1. The van der Waals surface area contributed by atoms with E-state index in [1.807, 2.05) is 0 Å². The van der Waals surface area contributed by atoms with Gasteiger partial charge in [0.2, 0.25) is 0 Å². The molecule has 0 saturated carbocycles. The lowest BCUT2D eigenvalue weighted by atomic mass is 10.00. The molecule has 1 aromatic carbocycles. The molecular formula is C15H23NO. The largest absolute Gasteiger partial charge is 0.377 e. The molecule has 1 saturated heterocycles. The second kappa shape index (κ2) is 5.65. The number of hydrogen-bond donors (Lipinski definition) is 1. The Kier molecular flexibility index (Phi) is 4.19. The first-order valence-corrected chi connectivity index (χ1v) is 6.59. The molecule has 94 valence electrons. The Labute approximate surface area is 104 Å². The summed E-state index contributed by atoms with van der Waals surface area (Å²) in [6, 6.07) is 7.06. The third-order valence-electron chi connectivity index (χ3n) is 3.58. The van der Waals surface area contributed by atoms with Crippen LogP contribution in [0.1, 0.15) is 42.5 Å². The van der Waals surface area contributed by atoms with Crippen molar-refractivity contribution in [2.24, 2.45) is 0 Å². The van der Waals surface area contributed by atoms with Crippen molar-refractivity contribution in [3.05, 3.63) is 34.9 Å². The van der Waals surface area contributed by atoms with Gasteiger partial charge in [0.1, 0.15) is 0 Å². The van der Waals surface area contributed by atoms with Crippen LogP contribution in [0.4, 0.5) is 0 Å². The molecule has 1 heterocycles. The number of rotatable bonds is 4. The van der Waals surface area contributed by atoms with Gasteiger partial charge in [0.05, 0.1) is 6.10 Å². The molecule has 0 radical (unpaired) electrons. The highest BCUT2D eigenvalue weighted by Crippen LogP contribution is 2.19. The summed E-state index contributed by atoms with van der Waals surface area (Å²) in [5, 5.41) is 3.58. The van der Waals surface area contributed by atoms with Crippen molar-refractivity contribution < 1.29 is 4.74 Å². The maximum Gasteiger partial charge on any atom is 0.0700 e. The molecule has 2 heteroatoms. The summed E-state index contributed by atoms with van der Waals surface area (Å²) < 4.78 is 5.63. The van der Waals surface area contributed by atoms with Gasteiger partial charge in [-0.25, -0.2) is 0 Å². The van der Waals surface area contributed by atoms with Crippen LogP contribution in [0.25, 0.3) is 0 Å². The summed E-state index contributed by atoms with van der Waals surface area (Å²) in [5.41, 5.74) is 4.10. The van der Waals surface area contributed by atoms with Crippen LogP contribution in [-0.4, -0.2) is 19.3 Å². The van der Waals surface area contributed by atoms with Crippen LogP contribution in [0.3, 0.4) is 0 Å². The zero-order valence-electron chi connectivity index (χ0n) is 11.1. The van der Waals surface area contributed by atoms with Crippen LogP contribution in [0, 0.1) is 13.8 Å². The van der Waals surface area contributed by atoms with E-state index in [1.165, 1.54) is 29.5 Å². The molecule has 2 rings (SSSR count). The normalized spacial score (nSPS) is 21.7. The van der Waals surface area contributed by atoms with Crippen molar-refractivity contribution in [2.45, 2.75) is 45.8 Å². The Bertz CT molecular complexity index is 369. The van der Waals surface area contributed by atoms with Gasteiger partial charge in [-0.15, -0.1) is 0 Å². The van der Waals surface area contributed by atoms with Crippen molar-refractivity contribution in [2.75, 3.05) is 13.2 Å². The molecule has 1 aromatic rings. The molecule has 0 aliphatic carbocycles. The van der Waals surface area contributed by atoms with E-state index in [2.05, 4.69) is 44.3 Å². The maximum atomic E-state index is 5.63. The Morgan fingerprint density at radius 1 is 1.41 bits per heavy atom. The van der Waals surface area contributed by atoms with E-state index >= 15 is 0 Å². The van der Waals surface area contributed by atoms with Gasteiger partial charge in [0.25, 0.3) is 0 Å². The highest BCUT2D eigenvalue weighted by atomic mass is 16.5. The molecule has 1 fully saturated rings. The van der Waals surface area contributed by atoms with Crippen LogP contribution in [0.15, 0.2) is 18.2 Å². The van der Waals surface area contributed by atoms with Crippen molar-refractivity contribution in [3.8, 4) is 0 Å². The van der Waals surface area contributed by atoms with Gasteiger partial charge in [-0.2, -0.15) is 0 Å². The first-order chi connectivity index (χ1) is 8.16. The molecule has 0 amide bonds. The minimum Gasteiger partial charge on any atom is -0.377 e. The molecule has 2 unspecified atom stereocenters. The molecule has 0 aromatic heterocycles. The number of aryl methyl sites for hydroxylation is 2. The van der Waals surface area contributed by atoms with Crippen LogP contribution >= 0.6 is 0 Å². The van der Waals surface area contributed by atoms with Gasteiger partial charge in [-0.3, -0.25) is 0 Å². The van der Waals surface area contributed by atoms with E-state index < -0.39 is 0 Å². The lowest BCUT2D eigenvalue weighted by Crippen LogP contribution is -2.29. The first-order valence-electron chi connectivity index (χ1n) is 6.59. The highest BCUT2D eigenvalue weighted by Gasteiger charge is 2.16. The summed E-state index contributed by atoms with van der Waals surface area (Å²) in [5.74, 6) is 0. The predicted octanol–water partition coefficient (Wildman–Crippen LogP) is 3.13. The Morgan fingerprint density at radius 3 is 2.94 bits per heavy atom. The predicted molar refractivity (Wildman–Crippen MR) is 71.3 cm³/mol. The molecule has 0 bridgehead atoms. The number of benzene rings is 1. The van der Waals surface area contributed by atoms with Crippen molar-refractivity contribution in [1.29, 1.82) is 0 Å². The number of hydrogen-bond acceptors (Lipinski definition) is 2. The van der Waals surface area contributed by atoms with Crippen LogP contribution < -0.4 is 5.32 Å². The van der Waals surface area contributed by atoms with E-state index in [4.69, 9.17) is 4.74 Å².